The predicted octanol–water partition coefficient (Wildman–Crippen LogP) is -0.141. The van der Waals surface area contributed by atoms with Gasteiger partial charge in [-0.2, -0.15) is 9.57 Å². The van der Waals surface area contributed by atoms with Crippen molar-refractivity contribution in [3.8, 4) is 6.07 Å². The maximum atomic E-state index is 12.3. The van der Waals surface area contributed by atoms with Crippen molar-refractivity contribution in [2.75, 3.05) is 13.1 Å². The standard InChI is InChI=1S/C11H8ClN3O4S/c12-9-3-8(2-1-7(9)4-13)20(18,19)15-5-10(16)14-11(17)6-15/h1-3H,5-6H2,(H,14,16,17). The number of amides is 2. The van der Waals surface area contributed by atoms with E-state index in [4.69, 9.17) is 16.9 Å². The number of hydrogen-bond acceptors (Lipinski definition) is 5. The van der Waals surface area contributed by atoms with Gasteiger partial charge < -0.3 is 0 Å². The molecule has 2 rings (SSSR count). The first-order valence-electron chi connectivity index (χ1n) is 5.37. The van der Waals surface area contributed by atoms with Crippen LogP contribution in [-0.4, -0.2) is 37.6 Å². The monoisotopic (exact) mass is 313 g/mol. The number of benzene rings is 1. The molecule has 0 bridgehead atoms. The van der Waals surface area contributed by atoms with E-state index in [0.29, 0.717) is 0 Å². The Labute approximate surface area is 119 Å². The molecule has 104 valence electrons. The molecule has 1 fully saturated rings. The zero-order valence-electron chi connectivity index (χ0n) is 9.96. The summed E-state index contributed by atoms with van der Waals surface area (Å²) in [6.07, 6.45) is 0. The third-order valence-corrected chi connectivity index (χ3v) is 4.72. The molecule has 9 heteroatoms. The van der Waals surface area contributed by atoms with Gasteiger partial charge in [0.1, 0.15) is 6.07 Å². The van der Waals surface area contributed by atoms with Gasteiger partial charge in [0.25, 0.3) is 0 Å². The molecule has 1 aliphatic heterocycles. The topological polar surface area (TPSA) is 107 Å². The number of piperazine rings is 1. The highest BCUT2D eigenvalue weighted by Crippen LogP contribution is 2.23. The quantitative estimate of drug-likeness (QED) is 0.765. The average Bonchev–Trinajstić information content (AvgIpc) is 2.37. The zero-order chi connectivity index (χ0) is 14.9. The van der Waals surface area contributed by atoms with Crippen LogP contribution in [0.5, 0.6) is 0 Å². The molecule has 0 radical (unpaired) electrons. The molecule has 0 aliphatic carbocycles. The lowest BCUT2D eigenvalue weighted by atomic mass is 10.2. The van der Waals surface area contributed by atoms with Gasteiger partial charge in [-0.1, -0.05) is 11.6 Å². The minimum absolute atomic E-state index is 0.0126. The molecule has 0 atom stereocenters. The Bertz CT molecular complexity index is 723. The maximum Gasteiger partial charge on any atom is 0.244 e. The molecule has 1 heterocycles. The molecule has 0 saturated carbocycles. The van der Waals surface area contributed by atoms with E-state index in [0.717, 1.165) is 10.4 Å². The Hall–Kier alpha value is -1.95. The van der Waals surface area contributed by atoms with E-state index in [1.807, 2.05) is 11.4 Å². The molecule has 20 heavy (non-hydrogen) atoms. The lowest BCUT2D eigenvalue weighted by Crippen LogP contribution is -2.53. The van der Waals surface area contributed by atoms with E-state index in [9.17, 15) is 18.0 Å². The number of hydrogen-bond donors (Lipinski definition) is 1. The lowest BCUT2D eigenvalue weighted by molar-refractivity contribution is -0.134. The van der Waals surface area contributed by atoms with Crippen molar-refractivity contribution >= 4 is 33.4 Å². The van der Waals surface area contributed by atoms with Crippen molar-refractivity contribution in [3.05, 3.63) is 28.8 Å². The fourth-order valence-corrected chi connectivity index (χ4v) is 3.34. The van der Waals surface area contributed by atoms with Crippen LogP contribution in [0.2, 0.25) is 5.02 Å². The van der Waals surface area contributed by atoms with Gasteiger partial charge in [0.15, 0.2) is 0 Å². The molecule has 1 aliphatic rings. The summed E-state index contributed by atoms with van der Waals surface area (Å²) in [5, 5.41) is 10.7. The second-order valence-electron chi connectivity index (χ2n) is 4.00. The Morgan fingerprint density at radius 3 is 2.35 bits per heavy atom. The Morgan fingerprint density at radius 2 is 1.85 bits per heavy atom. The summed E-state index contributed by atoms with van der Waals surface area (Å²) in [6.45, 7) is -0.878. The van der Waals surface area contributed by atoms with Crippen LogP contribution in [-0.2, 0) is 19.6 Å². The minimum Gasteiger partial charge on any atom is -0.294 e. The average molecular weight is 314 g/mol. The summed E-state index contributed by atoms with van der Waals surface area (Å²) < 4.78 is 25.3. The molecule has 0 unspecified atom stereocenters. The summed E-state index contributed by atoms with van der Waals surface area (Å²) in [5.74, 6) is -1.38. The van der Waals surface area contributed by atoms with E-state index < -0.39 is 34.9 Å². The number of nitriles is 1. The van der Waals surface area contributed by atoms with Crippen molar-refractivity contribution < 1.29 is 18.0 Å². The van der Waals surface area contributed by atoms with Crippen LogP contribution in [0.15, 0.2) is 23.1 Å². The Balaban J connectivity index is 2.40. The van der Waals surface area contributed by atoms with Crippen LogP contribution >= 0.6 is 11.6 Å². The second kappa shape index (κ2) is 5.20. The summed E-state index contributed by atoms with van der Waals surface area (Å²) in [6, 6.07) is 5.40. The van der Waals surface area contributed by atoms with E-state index >= 15 is 0 Å². The highest BCUT2D eigenvalue weighted by Gasteiger charge is 2.33. The van der Waals surface area contributed by atoms with Gasteiger partial charge in [0.2, 0.25) is 21.8 Å². The molecular weight excluding hydrogens is 306 g/mol. The molecule has 1 N–H and O–H groups in total. The van der Waals surface area contributed by atoms with E-state index in [1.165, 1.54) is 12.1 Å². The van der Waals surface area contributed by atoms with E-state index in [1.54, 1.807) is 0 Å². The van der Waals surface area contributed by atoms with E-state index in [2.05, 4.69) is 0 Å². The van der Waals surface area contributed by atoms with Crippen LogP contribution in [0.4, 0.5) is 0 Å². The normalized spacial score (nSPS) is 16.6. The van der Waals surface area contributed by atoms with Crippen LogP contribution in [0.1, 0.15) is 5.56 Å². The van der Waals surface area contributed by atoms with Crippen molar-refractivity contribution in [2.24, 2.45) is 0 Å². The van der Waals surface area contributed by atoms with Crippen molar-refractivity contribution in [1.82, 2.24) is 9.62 Å². The molecular formula is C11H8ClN3O4S. The van der Waals surface area contributed by atoms with E-state index in [-0.39, 0.29) is 15.5 Å². The first-order chi connectivity index (χ1) is 9.34. The van der Waals surface area contributed by atoms with Crippen LogP contribution in [0, 0.1) is 11.3 Å². The fraction of sp³-hybridized carbons (Fsp3) is 0.182. The molecule has 1 aromatic rings. The molecule has 1 saturated heterocycles. The summed E-state index contributed by atoms with van der Waals surface area (Å²) >= 11 is 5.78. The SMILES string of the molecule is N#Cc1ccc(S(=O)(=O)N2CC(=O)NC(=O)C2)cc1Cl. The Morgan fingerprint density at radius 1 is 1.25 bits per heavy atom. The summed E-state index contributed by atoms with van der Waals surface area (Å²) in [7, 11) is -4.02. The predicted molar refractivity (Wildman–Crippen MR) is 68.1 cm³/mol. The zero-order valence-corrected chi connectivity index (χ0v) is 11.5. The molecule has 1 aromatic carbocycles. The number of sulfonamides is 1. The van der Waals surface area contributed by atoms with Gasteiger partial charge >= 0.3 is 0 Å². The third-order valence-electron chi connectivity index (χ3n) is 2.62. The second-order valence-corrected chi connectivity index (χ2v) is 6.34. The number of nitrogens with zero attached hydrogens (tertiary/aromatic N) is 2. The molecule has 0 aromatic heterocycles. The summed E-state index contributed by atoms with van der Waals surface area (Å²) in [4.78, 5) is 22.3. The molecule has 0 spiro atoms. The highest BCUT2D eigenvalue weighted by molar-refractivity contribution is 7.89. The number of rotatable bonds is 2. The van der Waals surface area contributed by atoms with Gasteiger partial charge in [0.05, 0.1) is 28.6 Å². The lowest BCUT2D eigenvalue weighted by Gasteiger charge is -2.24. The fourth-order valence-electron chi connectivity index (χ4n) is 1.68. The highest BCUT2D eigenvalue weighted by atomic mass is 35.5. The van der Waals surface area contributed by atoms with Crippen LogP contribution in [0.25, 0.3) is 0 Å². The molecule has 2 amide bonds. The van der Waals surface area contributed by atoms with Crippen LogP contribution in [0.3, 0.4) is 0 Å². The number of carbonyl (C=O) groups is 2. The number of carbonyl (C=O) groups excluding carboxylic acids is 2. The third kappa shape index (κ3) is 2.65. The largest absolute Gasteiger partial charge is 0.294 e. The van der Waals surface area contributed by atoms with Gasteiger partial charge in [-0.25, -0.2) is 8.42 Å². The maximum absolute atomic E-state index is 12.3. The smallest absolute Gasteiger partial charge is 0.244 e. The number of halogens is 1. The van der Waals surface area contributed by atoms with Gasteiger partial charge in [-0.3, -0.25) is 14.9 Å². The Kier molecular flexibility index (Phi) is 3.76. The van der Waals surface area contributed by atoms with Crippen molar-refractivity contribution in [2.45, 2.75) is 4.90 Å². The van der Waals surface area contributed by atoms with Crippen molar-refractivity contribution in [3.63, 3.8) is 0 Å². The molecule has 7 nitrogen and oxygen atoms in total. The van der Waals surface area contributed by atoms with Gasteiger partial charge in [-0.15, -0.1) is 0 Å². The van der Waals surface area contributed by atoms with Crippen molar-refractivity contribution in [1.29, 1.82) is 5.26 Å². The van der Waals surface area contributed by atoms with Gasteiger partial charge in [-0.05, 0) is 18.2 Å². The van der Waals surface area contributed by atoms with Crippen LogP contribution < -0.4 is 5.32 Å². The minimum atomic E-state index is -4.02. The first-order valence-corrected chi connectivity index (χ1v) is 7.19. The first kappa shape index (κ1) is 14.5. The summed E-state index contributed by atoms with van der Waals surface area (Å²) in [5.41, 5.74) is 0.137. The van der Waals surface area contributed by atoms with Gasteiger partial charge in [0, 0.05) is 0 Å². The number of nitrogens with one attached hydrogen (secondary N) is 1. The number of imide groups is 1.